The van der Waals surface area contributed by atoms with Crippen LogP contribution in [-0.2, 0) is 14.3 Å². The Labute approximate surface area is 161 Å². The molecule has 0 unspecified atom stereocenters. The molecular formula is C21H17N3O4. The van der Waals surface area contributed by atoms with Crippen molar-refractivity contribution in [3.05, 3.63) is 84.1 Å². The molecule has 2 N–H and O–H groups in total. The first-order valence-electron chi connectivity index (χ1n) is 8.47. The molecule has 0 fully saturated rings. The highest BCUT2D eigenvalue weighted by Crippen LogP contribution is 2.12. The molecule has 0 saturated carbocycles. The zero-order valence-corrected chi connectivity index (χ0v) is 14.8. The summed E-state index contributed by atoms with van der Waals surface area (Å²) in [5.74, 6) is -1.82. The topological polar surface area (TPSA) is 97.4 Å². The van der Waals surface area contributed by atoms with Gasteiger partial charge in [-0.05, 0) is 30.3 Å². The third-order valence-electron chi connectivity index (χ3n) is 3.71. The minimum atomic E-state index is -0.695. The first kappa shape index (κ1) is 18.8. The number of benzene rings is 2. The molecule has 0 spiro atoms. The molecule has 0 radical (unpaired) electrons. The fraction of sp³-hybridized carbons (Fsp3) is 0.0476. The highest BCUT2D eigenvalue weighted by Gasteiger charge is 2.08. The molecule has 3 aromatic rings. The van der Waals surface area contributed by atoms with E-state index in [2.05, 4.69) is 15.8 Å². The predicted molar refractivity (Wildman–Crippen MR) is 104 cm³/mol. The number of hydrogen-bond donors (Lipinski definition) is 2. The maximum atomic E-state index is 11.8. The molecule has 0 saturated heterocycles. The molecule has 1 aromatic heterocycles. The summed E-state index contributed by atoms with van der Waals surface area (Å²) in [4.78, 5) is 39.6. The van der Waals surface area contributed by atoms with Gasteiger partial charge in [0.2, 0.25) is 0 Å². The number of esters is 1. The molecule has 0 bridgehead atoms. The summed E-state index contributed by atoms with van der Waals surface area (Å²) in [7, 11) is 0. The van der Waals surface area contributed by atoms with Gasteiger partial charge in [0.25, 0.3) is 11.8 Å². The molecule has 7 heteroatoms. The summed E-state index contributed by atoms with van der Waals surface area (Å²) in [5, 5.41) is 0.997. The quantitative estimate of drug-likeness (QED) is 0.405. The Morgan fingerprint density at radius 3 is 2.46 bits per heavy atom. The number of carbonyl (C=O) groups is 3. The third-order valence-corrected chi connectivity index (χ3v) is 3.71. The fourth-order valence-electron chi connectivity index (χ4n) is 2.34. The van der Waals surface area contributed by atoms with Crippen molar-refractivity contribution in [1.82, 2.24) is 15.8 Å². The summed E-state index contributed by atoms with van der Waals surface area (Å²) in [6, 6.07) is 19.7. The lowest BCUT2D eigenvalue weighted by molar-refractivity contribution is -0.144. The molecule has 0 aliphatic rings. The molecule has 0 atom stereocenters. The van der Waals surface area contributed by atoms with Gasteiger partial charge in [-0.25, -0.2) is 9.78 Å². The van der Waals surface area contributed by atoms with Crippen LogP contribution >= 0.6 is 0 Å². The SMILES string of the molecule is O=C(COC(=O)/C=C\c1ccc2ccccc2n1)NNC(=O)c1ccccc1. The third kappa shape index (κ3) is 5.25. The van der Waals surface area contributed by atoms with Crippen LogP contribution in [0.15, 0.2) is 72.8 Å². The first-order valence-corrected chi connectivity index (χ1v) is 8.47. The number of rotatable bonds is 5. The zero-order chi connectivity index (χ0) is 19.8. The Balaban J connectivity index is 1.44. The Kier molecular flexibility index (Phi) is 6.10. The van der Waals surface area contributed by atoms with Gasteiger partial charge >= 0.3 is 5.97 Å². The van der Waals surface area contributed by atoms with Crippen molar-refractivity contribution in [2.24, 2.45) is 0 Å². The smallest absolute Gasteiger partial charge is 0.331 e. The van der Waals surface area contributed by atoms with Crippen LogP contribution in [0, 0.1) is 0 Å². The lowest BCUT2D eigenvalue weighted by Crippen LogP contribution is -2.43. The summed E-state index contributed by atoms with van der Waals surface area (Å²) in [6.45, 7) is -0.524. The number of fused-ring (bicyclic) bond motifs is 1. The van der Waals surface area contributed by atoms with Gasteiger partial charge in [0, 0.05) is 17.0 Å². The number of carbonyl (C=O) groups excluding carboxylic acids is 3. The van der Waals surface area contributed by atoms with Crippen molar-refractivity contribution in [3.8, 4) is 0 Å². The predicted octanol–water partition coefficient (Wildman–Crippen LogP) is 2.25. The van der Waals surface area contributed by atoms with E-state index in [1.165, 1.54) is 12.2 Å². The average molecular weight is 375 g/mol. The zero-order valence-electron chi connectivity index (χ0n) is 14.8. The first-order chi connectivity index (χ1) is 13.6. The molecular weight excluding hydrogens is 358 g/mol. The molecule has 140 valence electrons. The molecule has 0 aliphatic carbocycles. The Morgan fingerprint density at radius 2 is 1.64 bits per heavy atom. The second kappa shape index (κ2) is 9.09. The van der Waals surface area contributed by atoms with Crippen LogP contribution in [0.5, 0.6) is 0 Å². The van der Waals surface area contributed by atoms with E-state index in [1.807, 2.05) is 30.3 Å². The van der Waals surface area contributed by atoms with Crippen LogP contribution in [-0.4, -0.2) is 29.4 Å². The summed E-state index contributed by atoms with van der Waals surface area (Å²) >= 11 is 0. The van der Waals surface area contributed by atoms with Crippen molar-refractivity contribution in [3.63, 3.8) is 0 Å². The highest BCUT2D eigenvalue weighted by molar-refractivity contribution is 5.95. The minimum absolute atomic E-state index is 0.394. The monoisotopic (exact) mass is 375 g/mol. The van der Waals surface area contributed by atoms with Crippen molar-refractivity contribution < 1.29 is 19.1 Å². The fourth-order valence-corrected chi connectivity index (χ4v) is 2.34. The Morgan fingerprint density at radius 1 is 0.893 bits per heavy atom. The number of amides is 2. The molecule has 2 amide bonds. The summed E-state index contributed by atoms with van der Waals surface area (Å²) < 4.78 is 4.83. The Hall–Kier alpha value is -4.00. The normalized spacial score (nSPS) is 10.6. The lowest BCUT2D eigenvalue weighted by Gasteiger charge is -2.07. The summed E-state index contributed by atoms with van der Waals surface area (Å²) in [6.07, 6.45) is 2.69. The van der Waals surface area contributed by atoms with E-state index in [4.69, 9.17) is 4.74 Å². The maximum absolute atomic E-state index is 11.8. The van der Waals surface area contributed by atoms with E-state index in [-0.39, 0.29) is 0 Å². The molecule has 1 heterocycles. The van der Waals surface area contributed by atoms with Gasteiger partial charge in [-0.3, -0.25) is 20.4 Å². The van der Waals surface area contributed by atoms with Gasteiger partial charge in [0.1, 0.15) is 0 Å². The van der Waals surface area contributed by atoms with Crippen molar-refractivity contribution in [2.45, 2.75) is 0 Å². The number of ether oxygens (including phenoxy) is 1. The van der Waals surface area contributed by atoms with Crippen LogP contribution in [0.4, 0.5) is 0 Å². The van der Waals surface area contributed by atoms with Crippen LogP contribution in [0.25, 0.3) is 17.0 Å². The van der Waals surface area contributed by atoms with E-state index in [9.17, 15) is 14.4 Å². The van der Waals surface area contributed by atoms with Gasteiger partial charge in [0.15, 0.2) is 6.61 Å². The number of hydrazine groups is 1. The highest BCUT2D eigenvalue weighted by atomic mass is 16.5. The lowest BCUT2D eigenvalue weighted by atomic mass is 10.2. The standard InChI is InChI=1S/C21H17N3O4/c25-19(23-24-21(27)16-7-2-1-3-8-16)14-28-20(26)13-12-17-11-10-15-6-4-5-9-18(15)22-17/h1-13H,14H2,(H,23,25)(H,24,27)/b13-12-. The van der Waals surface area contributed by atoms with Crippen LogP contribution in [0.1, 0.15) is 16.1 Å². The summed E-state index contributed by atoms with van der Waals surface area (Å²) in [5.41, 5.74) is 6.22. The van der Waals surface area contributed by atoms with Gasteiger partial charge in [-0.2, -0.15) is 0 Å². The molecule has 0 aliphatic heterocycles. The van der Waals surface area contributed by atoms with E-state index in [0.29, 0.717) is 11.3 Å². The van der Waals surface area contributed by atoms with E-state index < -0.39 is 24.4 Å². The van der Waals surface area contributed by atoms with E-state index in [0.717, 1.165) is 10.9 Å². The van der Waals surface area contributed by atoms with Gasteiger partial charge in [0.05, 0.1) is 11.2 Å². The number of pyridine rings is 1. The molecule has 3 rings (SSSR count). The van der Waals surface area contributed by atoms with Crippen LogP contribution in [0.2, 0.25) is 0 Å². The van der Waals surface area contributed by atoms with Crippen LogP contribution in [0.3, 0.4) is 0 Å². The molecule has 7 nitrogen and oxygen atoms in total. The second-order valence-electron chi connectivity index (χ2n) is 5.74. The number of para-hydroxylation sites is 1. The Bertz CT molecular complexity index is 1030. The van der Waals surface area contributed by atoms with Crippen molar-refractivity contribution >= 4 is 34.8 Å². The van der Waals surface area contributed by atoms with Crippen LogP contribution < -0.4 is 10.9 Å². The van der Waals surface area contributed by atoms with E-state index in [1.54, 1.807) is 36.4 Å². The van der Waals surface area contributed by atoms with Gasteiger partial charge < -0.3 is 4.74 Å². The van der Waals surface area contributed by atoms with Crippen molar-refractivity contribution in [1.29, 1.82) is 0 Å². The van der Waals surface area contributed by atoms with Gasteiger partial charge in [-0.15, -0.1) is 0 Å². The number of aromatic nitrogens is 1. The largest absolute Gasteiger partial charge is 0.452 e. The molecule has 28 heavy (non-hydrogen) atoms. The minimum Gasteiger partial charge on any atom is -0.452 e. The van der Waals surface area contributed by atoms with Crippen molar-refractivity contribution in [2.75, 3.05) is 6.61 Å². The molecule has 2 aromatic carbocycles. The number of hydrogen-bond acceptors (Lipinski definition) is 5. The number of nitrogens with one attached hydrogen (secondary N) is 2. The second-order valence-corrected chi connectivity index (χ2v) is 5.74. The van der Waals surface area contributed by atoms with Gasteiger partial charge in [-0.1, -0.05) is 42.5 Å². The number of nitrogens with zero attached hydrogens (tertiary/aromatic N) is 1. The van der Waals surface area contributed by atoms with E-state index >= 15 is 0 Å². The average Bonchev–Trinajstić information content (AvgIpc) is 2.75. The maximum Gasteiger partial charge on any atom is 0.331 e.